The number of nitrogens with one attached hydrogen (secondary N) is 1. The van der Waals surface area contributed by atoms with E-state index in [9.17, 15) is 26.4 Å². The van der Waals surface area contributed by atoms with E-state index >= 15 is 0 Å². The summed E-state index contributed by atoms with van der Waals surface area (Å²) in [5, 5.41) is 6.98. The molecule has 1 aromatic carbocycles. The number of rotatable bonds is 5. The van der Waals surface area contributed by atoms with Gasteiger partial charge in [0, 0.05) is 37.5 Å². The number of ether oxygens (including phenoxy) is 1. The van der Waals surface area contributed by atoms with Crippen molar-refractivity contribution in [1.82, 2.24) is 24.6 Å². The molecule has 204 valence electrons. The molecule has 0 fully saturated rings. The molecule has 38 heavy (non-hydrogen) atoms. The summed E-state index contributed by atoms with van der Waals surface area (Å²) in [5.41, 5.74) is -4.07. The van der Waals surface area contributed by atoms with Crippen LogP contribution < -0.4 is 9.50 Å². The lowest BCUT2D eigenvalue weighted by Gasteiger charge is -2.31. The van der Waals surface area contributed by atoms with Gasteiger partial charge in [-0.25, -0.2) is 9.78 Å². The lowest BCUT2D eigenvalue weighted by atomic mass is 10.1. The first kappa shape index (κ1) is 27.2. The number of anilines is 2. The van der Waals surface area contributed by atoms with Gasteiger partial charge in [0.1, 0.15) is 5.60 Å². The molecule has 0 aliphatic carbocycles. The largest absolute Gasteiger partial charge is 0.534 e. The second-order valence-corrected chi connectivity index (χ2v) is 11.1. The second kappa shape index (κ2) is 9.78. The van der Waals surface area contributed by atoms with Crippen LogP contribution in [0.15, 0.2) is 36.7 Å². The van der Waals surface area contributed by atoms with Crippen molar-refractivity contribution in [3.63, 3.8) is 0 Å². The number of carbonyl (C=O) groups is 1. The number of nitrogens with zero attached hydrogens (tertiary/aromatic N) is 5. The fraction of sp³-hybridized carbons (Fsp3) is 0.391. The minimum Gasteiger partial charge on any atom is -0.444 e. The predicted molar refractivity (Wildman–Crippen MR) is 130 cm³/mol. The fourth-order valence-corrected chi connectivity index (χ4v) is 4.03. The van der Waals surface area contributed by atoms with Crippen molar-refractivity contribution in [2.24, 2.45) is 7.05 Å². The van der Waals surface area contributed by atoms with Crippen LogP contribution in [0.1, 0.15) is 32.0 Å². The summed E-state index contributed by atoms with van der Waals surface area (Å²) in [5.74, 6) is -0.994. The molecule has 0 bridgehead atoms. The minimum absolute atomic E-state index is 0.0626. The monoisotopic (exact) mass is 554 g/mol. The van der Waals surface area contributed by atoms with Crippen LogP contribution in [-0.4, -0.2) is 56.8 Å². The maximum absolute atomic E-state index is 13.1. The van der Waals surface area contributed by atoms with Gasteiger partial charge in [-0.2, -0.15) is 31.7 Å². The van der Waals surface area contributed by atoms with Crippen LogP contribution in [0.4, 0.5) is 29.6 Å². The van der Waals surface area contributed by atoms with Gasteiger partial charge in [-0.05, 0) is 38.5 Å². The standard InChI is InChI=1S/C23H25F3N6O5S/c1-22(2,3)36-21(33)32-10-9-18-17(13-32)19(37-38(34,35)23(24,25)26)30-20(29-18)28-16-7-5-14(6-8-16)15-11-27-31(4)12-15/h5-8,11-12H,9-10,13H2,1-4H3,(H,28,29,30). The molecular weight excluding hydrogens is 529 g/mol. The Morgan fingerprint density at radius 3 is 2.34 bits per heavy atom. The molecule has 11 nitrogen and oxygen atoms in total. The molecule has 1 amide bonds. The molecule has 1 aliphatic heterocycles. The van der Waals surface area contributed by atoms with Crippen LogP contribution >= 0.6 is 0 Å². The number of aromatic nitrogens is 4. The maximum Gasteiger partial charge on any atom is 0.534 e. The molecular formula is C23H25F3N6O5S. The number of carbonyl (C=O) groups excluding carboxylic acids is 1. The predicted octanol–water partition coefficient (Wildman–Crippen LogP) is 4.14. The topological polar surface area (TPSA) is 129 Å². The van der Waals surface area contributed by atoms with Gasteiger partial charge in [-0.1, -0.05) is 12.1 Å². The Hall–Kier alpha value is -3.88. The smallest absolute Gasteiger partial charge is 0.444 e. The minimum atomic E-state index is -6.04. The Kier molecular flexibility index (Phi) is 6.99. The first-order chi connectivity index (χ1) is 17.6. The van der Waals surface area contributed by atoms with Crippen molar-refractivity contribution < 1.29 is 35.3 Å². The summed E-state index contributed by atoms with van der Waals surface area (Å²) in [6, 6.07) is 6.98. The van der Waals surface area contributed by atoms with E-state index in [-0.39, 0.29) is 36.7 Å². The highest BCUT2D eigenvalue weighted by Crippen LogP contribution is 2.33. The molecule has 0 unspecified atom stereocenters. The first-order valence-electron chi connectivity index (χ1n) is 11.4. The van der Waals surface area contributed by atoms with Crippen molar-refractivity contribution in [3.8, 4) is 17.0 Å². The third kappa shape index (κ3) is 6.15. The van der Waals surface area contributed by atoms with Crippen molar-refractivity contribution in [1.29, 1.82) is 0 Å². The first-order valence-corrected chi connectivity index (χ1v) is 12.8. The summed E-state index contributed by atoms with van der Waals surface area (Å²) < 4.78 is 74.3. The zero-order valence-corrected chi connectivity index (χ0v) is 21.7. The van der Waals surface area contributed by atoms with Gasteiger partial charge in [0.25, 0.3) is 0 Å². The number of fused-ring (bicyclic) bond motifs is 1. The number of halogens is 3. The SMILES string of the molecule is Cn1cc(-c2ccc(Nc3nc4c(c(OS(=O)(=O)C(F)(F)F)n3)CN(C(=O)OC(C)(C)C)CC4)cc2)cn1. The Bertz CT molecular complexity index is 1450. The fourth-order valence-electron chi connectivity index (χ4n) is 3.59. The van der Waals surface area contributed by atoms with E-state index in [4.69, 9.17) is 4.74 Å². The molecule has 3 aromatic rings. The van der Waals surface area contributed by atoms with Crippen molar-refractivity contribution >= 4 is 27.8 Å². The van der Waals surface area contributed by atoms with Crippen LogP contribution in [0.25, 0.3) is 11.1 Å². The molecule has 0 radical (unpaired) electrons. The van der Waals surface area contributed by atoms with Crippen LogP contribution in [0.5, 0.6) is 5.88 Å². The number of hydrogen-bond donors (Lipinski definition) is 1. The normalized spacial score (nSPS) is 14.1. The Labute approximate surface area is 216 Å². The number of hydrogen-bond acceptors (Lipinski definition) is 9. The third-order valence-electron chi connectivity index (χ3n) is 5.33. The molecule has 1 aliphatic rings. The highest BCUT2D eigenvalue weighted by molar-refractivity contribution is 7.87. The van der Waals surface area contributed by atoms with E-state index < -0.39 is 33.2 Å². The van der Waals surface area contributed by atoms with Gasteiger partial charge >= 0.3 is 21.7 Å². The van der Waals surface area contributed by atoms with Crippen LogP contribution in [-0.2, 0) is 34.9 Å². The number of alkyl halides is 3. The van der Waals surface area contributed by atoms with E-state index in [1.807, 2.05) is 6.20 Å². The molecule has 3 heterocycles. The molecule has 0 saturated heterocycles. The third-order valence-corrected chi connectivity index (χ3v) is 6.27. The molecule has 0 spiro atoms. The van der Waals surface area contributed by atoms with Gasteiger partial charge < -0.3 is 19.1 Å². The lowest BCUT2D eigenvalue weighted by Crippen LogP contribution is -2.40. The maximum atomic E-state index is 13.1. The van der Waals surface area contributed by atoms with E-state index in [2.05, 4.69) is 24.6 Å². The van der Waals surface area contributed by atoms with E-state index in [0.717, 1.165) is 11.1 Å². The second-order valence-electron chi connectivity index (χ2n) is 9.52. The quantitative estimate of drug-likeness (QED) is 0.365. The molecule has 2 aromatic heterocycles. The van der Waals surface area contributed by atoms with Gasteiger partial charge in [0.2, 0.25) is 11.8 Å². The molecule has 15 heteroatoms. The van der Waals surface area contributed by atoms with Crippen molar-refractivity contribution in [2.45, 2.75) is 44.8 Å². The van der Waals surface area contributed by atoms with E-state index in [1.165, 1.54) is 4.90 Å². The van der Waals surface area contributed by atoms with Crippen molar-refractivity contribution in [3.05, 3.63) is 47.9 Å². The number of aryl methyl sites for hydroxylation is 1. The molecule has 4 rings (SSSR count). The highest BCUT2D eigenvalue weighted by Gasteiger charge is 2.49. The summed E-state index contributed by atoms with van der Waals surface area (Å²) in [7, 11) is -4.25. The van der Waals surface area contributed by atoms with Gasteiger partial charge in [0.15, 0.2) is 0 Å². The van der Waals surface area contributed by atoms with E-state index in [1.54, 1.807) is 63.0 Å². The summed E-state index contributed by atoms with van der Waals surface area (Å²) >= 11 is 0. The summed E-state index contributed by atoms with van der Waals surface area (Å²) in [4.78, 5) is 22.0. The summed E-state index contributed by atoms with van der Waals surface area (Å²) in [6.45, 7) is 4.84. The van der Waals surface area contributed by atoms with Gasteiger partial charge in [0.05, 0.1) is 24.0 Å². The number of amides is 1. The Balaban J connectivity index is 1.64. The van der Waals surface area contributed by atoms with Gasteiger partial charge in [-0.15, -0.1) is 0 Å². The molecule has 0 saturated carbocycles. The molecule has 1 N–H and O–H groups in total. The average molecular weight is 555 g/mol. The Morgan fingerprint density at radius 2 is 1.76 bits per heavy atom. The highest BCUT2D eigenvalue weighted by atomic mass is 32.2. The number of benzene rings is 1. The van der Waals surface area contributed by atoms with Crippen LogP contribution in [0.2, 0.25) is 0 Å². The van der Waals surface area contributed by atoms with Crippen LogP contribution in [0, 0.1) is 0 Å². The molecule has 0 atom stereocenters. The van der Waals surface area contributed by atoms with Crippen LogP contribution in [0.3, 0.4) is 0 Å². The Morgan fingerprint density at radius 1 is 1.08 bits per heavy atom. The average Bonchev–Trinajstić information content (AvgIpc) is 3.23. The van der Waals surface area contributed by atoms with Crippen molar-refractivity contribution in [2.75, 3.05) is 11.9 Å². The zero-order valence-electron chi connectivity index (χ0n) is 20.9. The van der Waals surface area contributed by atoms with E-state index in [0.29, 0.717) is 5.69 Å². The lowest BCUT2D eigenvalue weighted by molar-refractivity contribution is -0.0502. The van der Waals surface area contributed by atoms with Gasteiger partial charge in [-0.3, -0.25) is 4.68 Å². The summed E-state index contributed by atoms with van der Waals surface area (Å²) in [6.07, 6.45) is 2.91. The zero-order chi connectivity index (χ0) is 27.9.